The second kappa shape index (κ2) is 5.40. The lowest BCUT2D eigenvalue weighted by Gasteiger charge is -2.06. The van der Waals surface area contributed by atoms with Crippen LogP contribution in [0.2, 0.25) is 0 Å². The molecule has 0 radical (unpaired) electrons. The molecular formula is C15H13N3OS. The Kier molecular flexibility index (Phi) is 3.45. The Morgan fingerprint density at radius 3 is 2.55 bits per heavy atom. The fraction of sp³-hybridized carbons (Fsp3) is 0.0667. The molecule has 5 heteroatoms. The predicted molar refractivity (Wildman–Crippen MR) is 79.5 cm³/mol. The highest BCUT2D eigenvalue weighted by Gasteiger charge is 2.15. The van der Waals surface area contributed by atoms with Crippen molar-refractivity contribution < 1.29 is 5.11 Å². The van der Waals surface area contributed by atoms with Crippen LogP contribution < -0.4 is 5.73 Å². The molecule has 0 aliphatic rings. The third kappa shape index (κ3) is 2.54. The highest BCUT2D eigenvalue weighted by atomic mass is 32.1. The summed E-state index contributed by atoms with van der Waals surface area (Å²) in [6, 6.07) is 16.5. The first-order valence-electron chi connectivity index (χ1n) is 6.17. The van der Waals surface area contributed by atoms with E-state index in [9.17, 15) is 5.11 Å². The van der Waals surface area contributed by atoms with Crippen LogP contribution in [-0.4, -0.2) is 15.3 Å². The maximum absolute atomic E-state index is 9.50. The first-order valence-corrected chi connectivity index (χ1v) is 6.99. The zero-order chi connectivity index (χ0) is 13.9. The Bertz CT molecular complexity index is 712. The Morgan fingerprint density at radius 1 is 1.00 bits per heavy atom. The number of aromatic nitrogens is 2. The summed E-state index contributed by atoms with van der Waals surface area (Å²) >= 11 is 1.44. The molecule has 1 heterocycles. The number of nitrogens with zero attached hydrogens (tertiary/aromatic N) is 2. The van der Waals surface area contributed by atoms with E-state index in [0.29, 0.717) is 0 Å². The SMILES string of the molecule is NC(c1ccccc1)c1nnc(-c2cccc(O)c2)s1. The van der Waals surface area contributed by atoms with Crippen molar-refractivity contribution in [1.82, 2.24) is 10.2 Å². The predicted octanol–water partition coefficient (Wildman–Crippen LogP) is 2.96. The third-order valence-corrected chi connectivity index (χ3v) is 4.01. The normalized spacial score (nSPS) is 12.2. The minimum atomic E-state index is -0.278. The van der Waals surface area contributed by atoms with Gasteiger partial charge >= 0.3 is 0 Å². The molecule has 1 atom stereocenters. The molecule has 0 aliphatic carbocycles. The molecule has 0 amide bonds. The zero-order valence-corrected chi connectivity index (χ0v) is 11.4. The third-order valence-electron chi connectivity index (χ3n) is 2.96. The Balaban J connectivity index is 1.91. The van der Waals surface area contributed by atoms with Crippen molar-refractivity contribution in [2.75, 3.05) is 0 Å². The molecule has 20 heavy (non-hydrogen) atoms. The molecule has 100 valence electrons. The van der Waals surface area contributed by atoms with Gasteiger partial charge in [0.15, 0.2) is 0 Å². The van der Waals surface area contributed by atoms with E-state index in [-0.39, 0.29) is 11.8 Å². The number of hydrogen-bond acceptors (Lipinski definition) is 5. The molecule has 3 N–H and O–H groups in total. The molecule has 3 aromatic rings. The first-order chi connectivity index (χ1) is 9.74. The Hall–Kier alpha value is -2.24. The fourth-order valence-electron chi connectivity index (χ4n) is 1.92. The summed E-state index contributed by atoms with van der Waals surface area (Å²) in [6.45, 7) is 0. The maximum Gasteiger partial charge on any atom is 0.148 e. The lowest BCUT2D eigenvalue weighted by Crippen LogP contribution is -2.11. The first kappa shape index (κ1) is 12.8. The zero-order valence-electron chi connectivity index (χ0n) is 10.6. The van der Waals surface area contributed by atoms with Gasteiger partial charge in [0, 0.05) is 5.56 Å². The van der Waals surface area contributed by atoms with Gasteiger partial charge in [-0.05, 0) is 17.7 Å². The molecule has 0 aliphatic heterocycles. The molecule has 0 saturated carbocycles. The van der Waals surface area contributed by atoms with Crippen LogP contribution in [0.5, 0.6) is 5.75 Å². The van der Waals surface area contributed by atoms with Gasteiger partial charge in [-0.25, -0.2) is 0 Å². The summed E-state index contributed by atoms with van der Waals surface area (Å²) in [5.74, 6) is 0.214. The van der Waals surface area contributed by atoms with Crippen molar-refractivity contribution in [1.29, 1.82) is 0 Å². The number of aromatic hydroxyl groups is 1. The monoisotopic (exact) mass is 283 g/mol. The highest BCUT2D eigenvalue weighted by molar-refractivity contribution is 7.14. The van der Waals surface area contributed by atoms with Gasteiger partial charge in [0.05, 0.1) is 6.04 Å². The summed E-state index contributed by atoms with van der Waals surface area (Å²) < 4.78 is 0. The van der Waals surface area contributed by atoms with Crippen LogP contribution in [0.3, 0.4) is 0 Å². The van der Waals surface area contributed by atoms with Gasteiger partial charge in [-0.1, -0.05) is 53.8 Å². The lowest BCUT2D eigenvalue weighted by molar-refractivity contribution is 0.475. The summed E-state index contributed by atoms with van der Waals surface area (Å²) in [4.78, 5) is 0. The van der Waals surface area contributed by atoms with E-state index < -0.39 is 0 Å². The van der Waals surface area contributed by atoms with Gasteiger partial charge in [0.1, 0.15) is 15.8 Å². The molecule has 1 unspecified atom stereocenters. The summed E-state index contributed by atoms with van der Waals surface area (Å²) in [6.07, 6.45) is 0. The molecule has 2 aromatic carbocycles. The second-order valence-corrected chi connectivity index (χ2v) is 5.39. The van der Waals surface area contributed by atoms with E-state index in [1.807, 2.05) is 36.4 Å². The topological polar surface area (TPSA) is 72.0 Å². The number of benzene rings is 2. The van der Waals surface area contributed by atoms with Crippen molar-refractivity contribution in [3.8, 4) is 16.3 Å². The molecule has 3 rings (SSSR count). The van der Waals surface area contributed by atoms with Crippen LogP contribution in [0.4, 0.5) is 0 Å². The Labute approximate surface area is 120 Å². The molecule has 0 fully saturated rings. The average Bonchev–Trinajstić information content (AvgIpc) is 2.97. The van der Waals surface area contributed by atoms with Crippen LogP contribution in [0.25, 0.3) is 10.6 Å². The van der Waals surface area contributed by atoms with Gasteiger partial charge in [-0.15, -0.1) is 10.2 Å². The highest BCUT2D eigenvalue weighted by Crippen LogP contribution is 2.30. The Morgan fingerprint density at radius 2 is 1.80 bits per heavy atom. The fourth-order valence-corrected chi connectivity index (χ4v) is 2.79. The number of hydrogen-bond donors (Lipinski definition) is 2. The van der Waals surface area contributed by atoms with Crippen LogP contribution in [0, 0.1) is 0 Å². The minimum Gasteiger partial charge on any atom is -0.508 e. The molecular weight excluding hydrogens is 270 g/mol. The lowest BCUT2D eigenvalue weighted by atomic mass is 10.1. The quantitative estimate of drug-likeness (QED) is 0.775. The van der Waals surface area contributed by atoms with Crippen molar-refractivity contribution in [3.05, 3.63) is 65.2 Å². The van der Waals surface area contributed by atoms with Crippen molar-refractivity contribution in [2.45, 2.75) is 6.04 Å². The van der Waals surface area contributed by atoms with E-state index in [2.05, 4.69) is 10.2 Å². The number of rotatable bonds is 3. The smallest absolute Gasteiger partial charge is 0.148 e. The van der Waals surface area contributed by atoms with Gasteiger partial charge in [0.25, 0.3) is 0 Å². The number of nitrogens with two attached hydrogens (primary N) is 1. The van der Waals surface area contributed by atoms with Crippen LogP contribution in [0.15, 0.2) is 54.6 Å². The molecule has 0 spiro atoms. The van der Waals surface area contributed by atoms with Crippen molar-refractivity contribution >= 4 is 11.3 Å². The van der Waals surface area contributed by atoms with E-state index >= 15 is 0 Å². The summed E-state index contributed by atoms with van der Waals surface area (Å²) in [7, 11) is 0. The van der Waals surface area contributed by atoms with Gasteiger partial charge < -0.3 is 10.8 Å². The number of phenolic OH excluding ortho intramolecular Hbond substituents is 1. The minimum absolute atomic E-state index is 0.214. The van der Waals surface area contributed by atoms with Gasteiger partial charge in [0.2, 0.25) is 0 Å². The van der Waals surface area contributed by atoms with Crippen LogP contribution in [-0.2, 0) is 0 Å². The van der Waals surface area contributed by atoms with E-state index in [0.717, 1.165) is 21.1 Å². The molecule has 0 bridgehead atoms. The largest absolute Gasteiger partial charge is 0.508 e. The summed E-state index contributed by atoms with van der Waals surface area (Å²) in [5.41, 5.74) is 8.04. The molecule has 1 aromatic heterocycles. The van der Waals surface area contributed by atoms with Gasteiger partial charge in [-0.3, -0.25) is 0 Å². The maximum atomic E-state index is 9.50. The van der Waals surface area contributed by atoms with E-state index in [1.165, 1.54) is 11.3 Å². The van der Waals surface area contributed by atoms with Crippen molar-refractivity contribution in [3.63, 3.8) is 0 Å². The van der Waals surface area contributed by atoms with E-state index in [4.69, 9.17) is 5.73 Å². The van der Waals surface area contributed by atoms with Crippen LogP contribution >= 0.6 is 11.3 Å². The average molecular weight is 283 g/mol. The standard InChI is InChI=1S/C15H13N3OS/c16-13(10-5-2-1-3-6-10)15-18-17-14(20-15)11-7-4-8-12(19)9-11/h1-9,13,19H,16H2. The molecule has 0 saturated heterocycles. The van der Waals surface area contributed by atoms with Gasteiger partial charge in [-0.2, -0.15) is 0 Å². The van der Waals surface area contributed by atoms with Crippen LogP contribution in [0.1, 0.15) is 16.6 Å². The summed E-state index contributed by atoms with van der Waals surface area (Å²) in [5, 5.41) is 19.3. The molecule has 4 nitrogen and oxygen atoms in total. The van der Waals surface area contributed by atoms with E-state index in [1.54, 1.807) is 18.2 Å². The second-order valence-electron chi connectivity index (χ2n) is 4.38. The van der Waals surface area contributed by atoms with Crippen molar-refractivity contribution in [2.24, 2.45) is 5.73 Å². The number of phenols is 1.